The minimum atomic E-state index is -3.86. The molecule has 304 valence electrons. The van der Waals surface area contributed by atoms with Crippen LogP contribution in [0.25, 0.3) is 33.2 Å². The molecule has 0 bridgehead atoms. The Bertz CT molecular complexity index is 2530. The van der Waals surface area contributed by atoms with Gasteiger partial charge in [-0.2, -0.15) is 0 Å². The molecule has 4 heterocycles. The van der Waals surface area contributed by atoms with Crippen LogP contribution < -0.4 is 14.2 Å². The number of nitrogens with one attached hydrogen (secondary N) is 1. The monoisotopic (exact) mass is 844 g/mol. The summed E-state index contributed by atoms with van der Waals surface area (Å²) in [6.07, 6.45) is 3.91. The largest absolute Gasteiger partial charge is 0.494 e. The topological polar surface area (TPSA) is 158 Å². The summed E-state index contributed by atoms with van der Waals surface area (Å²) in [5.41, 5.74) is -0.406. The fourth-order valence-electron chi connectivity index (χ4n) is 8.08. The first-order chi connectivity index (χ1) is 27.6. The normalized spacial score (nSPS) is 22.5. The molecule has 2 saturated carbocycles. The Morgan fingerprint density at radius 2 is 1.93 bits per heavy atom. The molecule has 8 rings (SSSR count). The maximum Gasteiger partial charge on any atom is 0.240 e. The summed E-state index contributed by atoms with van der Waals surface area (Å²) in [4.78, 5) is 54.3. The van der Waals surface area contributed by atoms with Gasteiger partial charge in [0.25, 0.3) is 0 Å². The van der Waals surface area contributed by atoms with Crippen molar-refractivity contribution >= 4 is 72.3 Å². The number of likely N-dealkylation sites (tertiary alicyclic amines) is 1. The SMILES string of the molecule is C=C[C@@H]1C[C@]1(CC(=O)[C@@H]1C[C@@H](Oc2ncc(OC)c3ccc(Cl)cc23)CN1C(=O)[C@@H](Cc1nc(-c2cc3ccccc3o2)cs1)C(C)(C)C)C(=O)NS(=O)(=O)C1CC1. The van der Waals surface area contributed by atoms with E-state index in [1.807, 2.05) is 62.5 Å². The first-order valence-electron chi connectivity index (χ1n) is 19.3. The van der Waals surface area contributed by atoms with Gasteiger partial charge in [0.15, 0.2) is 11.5 Å². The van der Waals surface area contributed by atoms with E-state index in [1.165, 1.54) is 11.3 Å². The van der Waals surface area contributed by atoms with Crippen molar-refractivity contribution in [2.45, 2.75) is 76.7 Å². The Kier molecular flexibility index (Phi) is 10.4. The molecule has 15 heteroatoms. The predicted molar refractivity (Wildman–Crippen MR) is 222 cm³/mol. The van der Waals surface area contributed by atoms with Crippen molar-refractivity contribution in [2.24, 2.45) is 22.7 Å². The number of ketones is 1. The van der Waals surface area contributed by atoms with E-state index in [0.29, 0.717) is 46.9 Å². The van der Waals surface area contributed by atoms with Crippen molar-refractivity contribution in [3.05, 3.63) is 82.8 Å². The molecule has 5 atom stereocenters. The van der Waals surface area contributed by atoms with E-state index in [9.17, 15) is 18.0 Å². The molecule has 2 aromatic carbocycles. The third-order valence-corrected chi connectivity index (χ3v) is 14.6. The second-order valence-corrected chi connectivity index (χ2v) is 20.1. The van der Waals surface area contributed by atoms with E-state index >= 15 is 4.79 Å². The van der Waals surface area contributed by atoms with Crippen LogP contribution in [-0.4, -0.2) is 71.9 Å². The Balaban J connectivity index is 1.09. The summed E-state index contributed by atoms with van der Waals surface area (Å²) >= 11 is 7.84. The number of furan rings is 1. The van der Waals surface area contributed by atoms with Gasteiger partial charge >= 0.3 is 0 Å². The van der Waals surface area contributed by atoms with E-state index in [2.05, 4.69) is 16.3 Å². The average Bonchev–Trinajstić information content (AvgIpc) is 4.00. The third-order valence-electron chi connectivity index (χ3n) is 11.7. The first kappa shape index (κ1) is 40.0. The minimum absolute atomic E-state index is 0.0693. The standard InChI is InChI=1S/C43H45ClN4O8S2/c1-6-25-19-43(25,41(51)47-58(52,53)28-12-13-28)20-34(49)33-17-27(55-39-30-16-26(44)11-14-29(30)37(54-5)21-45-39)22-48(33)40(50)31(42(2,3)4)18-38-46-32(23-57-38)36-15-24-9-7-8-10-35(24)56-36/h6-11,14-16,21,23,25,27-28,31,33H,1,12-13,17-20,22H2,2-5H3,(H,47,51)/t25-,27-,31-,33+,43-/m1/s1. The number of hydrogen-bond acceptors (Lipinski definition) is 11. The summed E-state index contributed by atoms with van der Waals surface area (Å²) < 4.78 is 46.0. The van der Waals surface area contributed by atoms with E-state index in [-0.39, 0.29) is 43.4 Å². The van der Waals surface area contributed by atoms with Crippen molar-refractivity contribution in [1.29, 1.82) is 0 Å². The number of pyridine rings is 1. The number of Topliss-reactive ketones (excluding diaryl/α,β-unsaturated/α-hetero) is 1. The molecule has 1 aliphatic heterocycles. The van der Waals surface area contributed by atoms with Gasteiger partial charge in [-0.3, -0.25) is 19.1 Å². The summed E-state index contributed by atoms with van der Waals surface area (Å²) in [5, 5.41) is 4.82. The Labute approximate surface area is 346 Å². The number of para-hydroxylation sites is 1. The highest BCUT2D eigenvalue weighted by molar-refractivity contribution is 7.90. The highest BCUT2D eigenvalue weighted by Gasteiger charge is 2.61. The quantitative estimate of drug-likeness (QED) is 0.110. The average molecular weight is 845 g/mol. The lowest BCUT2D eigenvalue weighted by atomic mass is 9.77. The maximum atomic E-state index is 15.0. The number of benzene rings is 2. The van der Waals surface area contributed by atoms with Gasteiger partial charge < -0.3 is 18.8 Å². The van der Waals surface area contributed by atoms with Gasteiger partial charge in [0.1, 0.15) is 23.1 Å². The number of carbonyl (C=O) groups excluding carboxylic acids is 3. The first-order valence-corrected chi connectivity index (χ1v) is 22.1. The highest BCUT2D eigenvalue weighted by atomic mass is 35.5. The Hall–Kier alpha value is -4.79. The number of aromatic nitrogens is 2. The number of allylic oxidation sites excluding steroid dienone is 1. The molecule has 0 spiro atoms. The van der Waals surface area contributed by atoms with Crippen molar-refractivity contribution in [3.8, 4) is 23.1 Å². The number of sulfonamides is 1. The molecular formula is C43H45ClN4O8S2. The van der Waals surface area contributed by atoms with Crippen molar-refractivity contribution < 1.29 is 36.7 Å². The molecule has 0 radical (unpaired) electrons. The lowest BCUT2D eigenvalue weighted by Gasteiger charge is -2.35. The number of methoxy groups -OCH3 is 1. The number of halogens is 1. The molecule has 5 aromatic rings. The number of amides is 2. The van der Waals surface area contributed by atoms with Gasteiger partial charge in [-0.15, -0.1) is 17.9 Å². The molecule has 1 N–H and O–H groups in total. The molecule has 3 aromatic heterocycles. The van der Waals surface area contributed by atoms with Crippen LogP contribution in [0.4, 0.5) is 0 Å². The van der Waals surface area contributed by atoms with Crippen LogP contribution in [0, 0.1) is 22.7 Å². The van der Waals surface area contributed by atoms with Crippen LogP contribution in [0.3, 0.4) is 0 Å². The van der Waals surface area contributed by atoms with Gasteiger partial charge in [0, 0.05) is 51.7 Å². The Morgan fingerprint density at radius 3 is 2.62 bits per heavy atom. The molecule has 3 fully saturated rings. The lowest BCUT2D eigenvalue weighted by molar-refractivity contribution is -0.144. The van der Waals surface area contributed by atoms with Gasteiger partial charge in [0.2, 0.25) is 27.7 Å². The van der Waals surface area contributed by atoms with Crippen molar-refractivity contribution in [3.63, 3.8) is 0 Å². The fraction of sp³-hybridized carbons (Fsp3) is 0.419. The number of fused-ring (bicyclic) bond motifs is 2. The fourth-order valence-corrected chi connectivity index (χ4v) is 10.5. The van der Waals surface area contributed by atoms with Crippen molar-refractivity contribution in [2.75, 3.05) is 13.7 Å². The smallest absolute Gasteiger partial charge is 0.240 e. The van der Waals surface area contributed by atoms with Crippen LogP contribution >= 0.6 is 22.9 Å². The minimum Gasteiger partial charge on any atom is -0.494 e. The maximum absolute atomic E-state index is 15.0. The molecule has 3 aliphatic rings. The van der Waals surface area contributed by atoms with E-state index < -0.39 is 56.0 Å². The number of ether oxygens (including phenoxy) is 2. The van der Waals surface area contributed by atoms with Crippen molar-refractivity contribution in [1.82, 2.24) is 19.6 Å². The molecule has 2 aliphatic carbocycles. The van der Waals surface area contributed by atoms with Crippen LogP contribution in [0.2, 0.25) is 5.02 Å². The number of rotatable bonds is 14. The molecule has 0 unspecified atom stereocenters. The van der Waals surface area contributed by atoms with Gasteiger partial charge in [-0.05, 0) is 60.9 Å². The summed E-state index contributed by atoms with van der Waals surface area (Å²) in [6, 6.07) is 14.0. The zero-order chi connectivity index (χ0) is 41.1. The summed E-state index contributed by atoms with van der Waals surface area (Å²) in [6.45, 7) is 9.88. The van der Waals surface area contributed by atoms with Gasteiger partial charge in [-0.1, -0.05) is 56.6 Å². The molecule has 58 heavy (non-hydrogen) atoms. The third kappa shape index (κ3) is 7.73. The summed E-state index contributed by atoms with van der Waals surface area (Å²) in [5.74, 6) is -0.868. The van der Waals surface area contributed by atoms with Gasteiger partial charge in [-0.25, -0.2) is 18.4 Å². The van der Waals surface area contributed by atoms with E-state index in [1.54, 1.807) is 36.4 Å². The zero-order valence-electron chi connectivity index (χ0n) is 32.7. The van der Waals surface area contributed by atoms with Crippen LogP contribution in [-0.2, 0) is 30.8 Å². The molecular weight excluding hydrogens is 800 g/mol. The van der Waals surface area contributed by atoms with Crippen LogP contribution in [0.15, 0.2) is 77.2 Å². The van der Waals surface area contributed by atoms with Crippen LogP contribution in [0.5, 0.6) is 11.6 Å². The predicted octanol–water partition coefficient (Wildman–Crippen LogP) is 7.78. The molecule has 2 amide bonds. The number of hydrogen-bond donors (Lipinski definition) is 1. The van der Waals surface area contributed by atoms with Crippen LogP contribution in [0.1, 0.15) is 57.9 Å². The number of thiazole rings is 1. The van der Waals surface area contributed by atoms with E-state index in [4.69, 9.17) is 30.5 Å². The highest BCUT2D eigenvalue weighted by Crippen LogP contribution is 2.57. The summed E-state index contributed by atoms with van der Waals surface area (Å²) in [7, 11) is -2.31. The molecule has 12 nitrogen and oxygen atoms in total. The Morgan fingerprint density at radius 1 is 1.16 bits per heavy atom. The second-order valence-electron chi connectivity index (χ2n) is 16.7. The van der Waals surface area contributed by atoms with Gasteiger partial charge in [0.05, 0.1) is 41.6 Å². The lowest BCUT2D eigenvalue weighted by Crippen LogP contribution is -2.48. The van der Waals surface area contributed by atoms with E-state index in [0.717, 1.165) is 21.4 Å². The molecule has 1 saturated heterocycles. The number of nitrogens with zero attached hydrogens (tertiary/aromatic N) is 3. The second kappa shape index (κ2) is 15.1. The number of carbonyl (C=O) groups is 3. The zero-order valence-corrected chi connectivity index (χ0v) is 35.1.